The lowest BCUT2D eigenvalue weighted by atomic mass is 9.96. The Labute approximate surface area is 172 Å². The summed E-state index contributed by atoms with van der Waals surface area (Å²) < 4.78 is 54.9. The minimum atomic E-state index is -1.49. The zero-order valence-electron chi connectivity index (χ0n) is 16.5. The largest absolute Gasteiger partial charge is 0.206 e. The Balaban J connectivity index is 1.59. The Morgan fingerprint density at radius 2 is 1.27 bits per heavy atom. The summed E-state index contributed by atoms with van der Waals surface area (Å²) in [6, 6.07) is 19.3. The number of rotatable bonds is 5. The number of benzene rings is 4. The number of fused-ring (bicyclic) bond motifs is 1. The fourth-order valence-corrected chi connectivity index (χ4v) is 3.67. The molecular formula is C26H20F4. The van der Waals surface area contributed by atoms with Crippen molar-refractivity contribution < 1.29 is 17.6 Å². The zero-order valence-corrected chi connectivity index (χ0v) is 16.5. The molecule has 4 heteroatoms. The van der Waals surface area contributed by atoms with E-state index in [-0.39, 0.29) is 24.2 Å². The molecule has 0 aromatic heterocycles. The predicted octanol–water partition coefficient (Wildman–Crippen LogP) is 7.41. The van der Waals surface area contributed by atoms with Gasteiger partial charge in [0.2, 0.25) is 0 Å². The molecule has 0 bridgehead atoms. The molecule has 4 aromatic carbocycles. The van der Waals surface area contributed by atoms with E-state index in [0.29, 0.717) is 10.9 Å². The first-order chi connectivity index (χ1) is 14.5. The van der Waals surface area contributed by atoms with Crippen LogP contribution in [0, 0.1) is 23.3 Å². The first-order valence-electron chi connectivity index (χ1n) is 9.90. The molecule has 4 rings (SSSR count). The van der Waals surface area contributed by atoms with Crippen molar-refractivity contribution in [2.75, 3.05) is 0 Å². The minimum Gasteiger partial charge on any atom is -0.206 e. The van der Waals surface area contributed by atoms with Gasteiger partial charge in [-0.15, -0.1) is 0 Å². The van der Waals surface area contributed by atoms with Gasteiger partial charge in [-0.3, -0.25) is 0 Å². The van der Waals surface area contributed by atoms with Gasteiger partial charge in [0.15, 0.2) is 17.5 Å². The Kier molecular flexibility index (Phi) is 5.58. The molecule has 0 aliphatic rings. The monoisotopic (exact) mass is 408 g/mol. The third-order valence-corrected chi connectivity index (χ3v) is 5.46. The molecule has 0 saturated heterocycles. The smallest absolute Gasteiger partial charge is 0.194 e. The van der Waals surface area contributed by atoms with Gasteiger partial charge < -0.3 is 0 Å². The number of hydrogen-bond acceptors (Lipinski definition) is 0. The molecule has 0 atom stereocenters. The first kappa shape index (κ1) is 20.1. The highest BCUT2D eigenvalue weighted by Crippen LogP contribution is 2.28. The molecule has 0 nitrogen and oxygen atoms in total. The minimum absolute atomic E-state index is 0.207. The van der Waals surface area contributed by atoms with Crippen LogP contribution in [0.1, 0.15) is 23.6 Å². The Bertz CT molecular complexity index is 1190. The quantitative estimate of drug-likeness (QED) is 0.238. The third kappa shape index (κ3) is 3.95. The van der Waals surface area contributed by atoms with Crippen molar-refractivity contribution in [3.63, 3.8) is 0 Å². The summed E-state index contributed by atoms with van der Waals surface area (Å²) in [5.74, 6) is -4.30. The molecule has 0 N–H and O–H groups in total. The molecule has 0 amide bonds. The second kappa shape index (κ2) is 8.31. The van der Waals surface area contributed by atoms with Crippen molar-refractivity contribution >= 4 is 10.8 Å². The summed E-state index contributed by atoms with van der Waals surface area (Å²) in [5.41, 5.74) is 4.08. The van der Waals surface area contributed by atoms with Gasteiger partial charge in [0.25, 0.3) is 0 Å². The van der Waals surface area contributed by atoms with Crippen LogP contribution in [-0.4, -0.2) is 0 Å². The van der Waals surface area contributed by atoms with Crippen LogP contribution in [0.5, 0.6) is 0 Å². The van der Waals surface area contributed by atoms with Crippen LogP contribution < -0.4 is 0 Å². The van der Waals surface area contributed by atoms with Crippen LogP contribution >= 0.6 is 0 Å². The molecular weight excluding hydrogens is 388 g/mol. The second-order valence-electron chi connectivity index (χ2n) is 7.40. The molecule has 152 valence electrons. The molecule has 30 heavy (non-hydrogen) atoms. The molecule has 4 aromatic rings. The first-order valence-corrected chi connectivity index (χ1v) is 9.90. The van der Waals surface area contributed by atoms with Gasteiger partial charge in [-0.05, 0) is 70.7 Å². The van der Waals surface area contributed by atoms with E-state index in [0.717, 1.165) is 35.1 Å². The van der Waals surface area contributed by atoms with E-state index in [9.17, 15) is 13.2 Å². The summed E-state index contributed by atoms with van der Waals surface area (Å²) in [6.07, 6.45) is 1.44. The van der Waals surface area contributed by atoms with Crippen molar-refractivity contribution in [3.05, 3.63) is 107 Å². The van der Waals surface area contributed by atoms with Crippen LogP contribution in [0.25, 0.3) is 21.9 Å². The highest BCUT2D eigenvalue weighted by molar-refractivity contribution is 5.88. The van der Waals surface area contributed by atoms with Crippen LogP contribution in [0.15, 0.2) is 66.7 Å². The van der Waals surface area contributed by atoms with Gasteiger partial charge >= 0.3 is 0 Å². The highest BCUT2D eigenvalue weighted by Gasteiger charge is 2.13. The molecule has 0 unspecified atom stereocenters. The molecule has 0 spiro atoms. The van der Waals surface area contributed by atoms with Crippen molar-refractivity contribution in [3.8, 4) is 11.1 Å². The summed E-state index contributed by atoms with van der Waals surface area (Å²) >= 11 is 0. The summed E-state index contributed by atoms with van der Waals surface area (Å²) in [5, 5.41) is 1.28. The van der Waals surface area contributed by atoms with E-state index in [4.69, 9.17) is 0 Å². The lowest BCUT2D eigenvalue weighted by Gasteiger charge is -2.10. The molecule has 0 saturated carbocycles. The van der Waals surface area contributed by atoms with E-state index in [2.05, 4.69) is 31.2 Å². The predicted molar refractivity (Wildman–Crippen MR) is 112 cm³/mol. The van der Waals surface area contributed by atoms with Gasteiger partial charge in [-0.1, -0.05) is 55.5 Å². The molecule has 0 aliphatic carbocycles. The van der Waals surface area contributed by atoms with Gasteiger partial charge in [-0.25, -0.2) is 17.6 Å². The number of halogens is 4. The van der Waals surface area contributed by atoms with Crippen LogP contribution in [0.2, 0.25) is 0 Å². The Morgan fingerprint density at radius 3 is 1.93 bits per heavy atom. The van der Waals surface area contributed by atoms with Gasteiger partial charge in [0.1, 0.15) is 5.82 Å². The summed E-state index contributed by atoms with van der Waals surface area (Å²) in [6.45, 7) is 2.11. The maximum atomic E-state index is 15.0. The summed E-state index contributed by atoms with van der Waals surface area (Å²) in [4.78, 5) is 0. The van der Waals surface area contributed by atoms with E-state index >= 15 is 4.39 Å². The van der Waals surface area contributed by atoms with Crippen molar-refractivity contribution in [2.45, 2.75) is 26.2 Å². The normalized spacial score (nSPS) is 11.2. The molecule has 0 radical (unpaired) electrons. The topological polar surface area (TPSA) is 0 Å². The standard InChI is InChI=1S/C26H20F4/c1-2-16-3-6-18(7-4-16)20-11-12-22-21(15-20)10-9-19(25(22)29)8-5-17-13-23(27)26(30)24(28)14-17/h3-4,6-7,9-15H,2,5,8H2,1H3. The molecule has 0 heterocycles. The number of aryl methyl sites for hydroxylation is 3. The maximum absolute atomic E-state index is 15.0. The maximum Gasteiger partial charge on any atom is 0.194 e. The van der Waals surface area contributed by atoms with Crippen LogP contribution in [0.4, 0.5) is 17.6 Å². The lowest BCUT2D eigenvalue weighted by molar-refractivity contribution is 0.445. The average molecular weight is 408 g/mol. The summed E-state index contributed by atoms with van der Waals surface area (Å²) in [7, 11) is 0. The van der Waals surface area contributed by atoms with Crippen LogP contribution in [-0.2, 0) is 19.3 Å². The van der Waals surface area contributed by atoms with E-state index in [1.165, 1.54) is 5.56 Å². The van der Waals surface area contributed by atoms with E-state index in [1.807, 2.05) is 18.2 Å². The lowest BCUT2D eigenvalue weighted by Crippen LogP contribution is -1.99. The average Bonchev–Trinajstić information content (AvgIpc) is 2.76. The van der Waals surface area contributed by atoms with Gasteiger partial charge in [0, 0.05) is 5.39 Å². The SMILES string of the molecule is CCc1ccc(-c2ccc3c(F)c(CCc4cc(F)c(F)c(F)c4)ccc3c2)cc1. The Hall–Kier alpha value is -3.14. The van der Waals surface area contributed by atoms with E-state index in [1.54, 1.807) is 12.1 Å². The van der Waals surface area contributed by atoms with Crippen LogP contribution in [0.3, 0.4) is 0 Å². The molecule has 0 aliphatic heterocycles. The third-order valence-electron chi connectivity index (χ3n) is 5.46. The van der Waals surface area contributed by atoms with Gasteiger partial charge in [-0.2, -0.15) is 0 Å². The van der Waals surface area contributed by atoms with Gasteiger partial charge in [0.05, 0.1) is 0 Å². The fourth-order valence-electron chi connectivity index (χ4n) is 3.67. The van der Waals surface area contributed by atoms with Crippen molar-refractivity contribution in [1.82, 2.24) is 0 Å². The Morgan fingerprint density at radius 1 is 0.600 bits per heavy atom. The fraction of sp³-hybridized carbons (Fsp3) is 0.154. The second-order valence-corrected chi connectivity index (χ2v) is 7.40. The number of hydrogen-bond donors (Lipinski definition) is 0. The highest BCUT2D eigenvalue weighted by atomic mass is 19.2. The van der Waals surface area contributed by atoms with Crippen molar-refractivity contribution in [2.24, 2.45) is 0 Å². The zero-order chi connectivity index (χ0) is 21.3. The molecule has 0 fully saturated rings. The van der Waals surface area contributed by atoms with E-state index < -0.39 is 17.5 Å². The van der Waals surface area contributed by atoms with Crippen molar-refractivity contribution in [1.29, 1.82) is 0 Å².